The van der Waals surface area contributed by atoms with Crippen LogP contribution >= 0.6 is 0 Å². The van der Waals surface area contributed by atoms with Gasteiger partial charge in [0.1, 0.15) is 0 Å². The molecular formula is C10H10F6N2O3. The largest absolute Gasteiger partial charge is 0.471 e. The van der Waals surface area contributed by atoms with Crippen molar-refractivity contribution in [3.63, 3.8) is 0 Å². The van der Waals surface area contributed by atoms with E-state index >= 15 is 0 Å². The fraction of sp³-hybridized carbons (Fsp3) is 0.500. The Kier molecular flexibility index (Phi) is 5.54. The fourth-order valence-corrected chi connectivity index (χ4v) is 1.02. The predicted octanol–water partition coefficient (Wildman–Crippen LogP) is 1.16. The maximum atomic E-state index is 12.6. The molecule has 0 rings (SSSR count). The summed E-state index contributed by atoms with van der Waals surface area (Å²) in [6.45, 7) is 4.04. The Labute approximate surface area is 114 Å². The van der Waals surface area contributed by atoms with Gasteiger partial charge in [-0.05, 0) is 6.92 Å². The predicted molar refractivity (Wildman–Crippen MR) is 56.6 cm³/mol. The molecule has 0 aliphatic rings. The Balaban J connectivity index is 5.37. The zero-order chi connectivity index (χ0) is 17.2. The molecule has 0 aromatic heterocycles. The average Bonchev–Trinajstić information content (AvgIpc) is 2.29. The van der Waals surface area contributed by atoms with E-state index in [2.05, 4.69) is 6.58 Å². The number of amides is 3. The van der Waals surface area contributed by atoms with Crippen LogP contribution in [0.25, 0.3) is 0 Å². The van der Waals surface area contributed by atoms with Crippen LogP contribution in [-0.2, 0) is 14.4 Å². The van der Waals surface area contributed by atoms with Gasteiger partial charge >= 0.3 is 18.3 Å². The number of nitrogens with one attached hydrogen (secondary N) is 1. The number of halogens is 6. The Morgan fingerprint density at radius 2 is 1.52 bits per heavy atom. The molecule has 3 amide bonds. The number of imide groups is 1. The molecule has 21 heavy (non-hydrogen) atoms. The van der Waals surface area contributed by atoms with Gasteiger partial charge in [0.2, 0.25) is 11.9 Å². The fourth-order valence-electron chi connectivity index (χ4n) is 1.02. The first-order valence-electron chi connectivity index (χ1n) is 5.11. The van der Waals surface area contributed by atoms with E-state index in [1.807, 2.05) is 0 Å². The number of rotatable bonds is 3. The van der Waals surface area contributed by atoms with E-state index < -0.39 is 46.6 Å². The highest BCUT2D eigenvalue weighted by atomic mass is 19.4. The lowest BCUT2D eigenvalue weighted by Gasteiger charge is -2.25. The van der Waals surface area contributed by atoms with Crippen molar-refractivity contribution in [2.24, 2.45) is 0 Å². The molecule has 0 aliphatic heterocycles. The minimum Gasteiger partial charge on any atom is -0.333 e. The number of carbonyl (C=O) groups is 3. The summed E-state index contributed by atoms with van der Waals surface area (Å²) >= 11 is 0. The van der Waals surface area contributed by atoms with Crippen LogP contribution in [0.3, 0.4) is 0 Å². The lowest BCUT2D eigenvalue weighted by Crippen LogP contribution is -2.58. The summed E-state index contributed by atoms with van der Waals surface area (Å²) in [6.07, 6.45) is -10.9. The Morgan fingerprint density at radius 3 is 1.81 bits per heavy atom. The third kappa shape index (κ3) is 5.08. The molecule has 1 unspecified atom stereocenters. The summed E-state index contributed by atoms with van der Waals surface area (Å²) in [5.41, 5.74) is -0.401. The summed E-state index contributed by atoms with van der Waals surface area (Å²) in [4.78, 5) is 32.5. The zero-order valence-corrected chi connectivity index (χ0v) is 10.7. The second-order valence-corrected chi connectivity index (χ2v) is 3.93. The molecule has 1 atom stereocenters. The van der Waals surface area contributed by atoms with Gasteiger partial charge in [0, 0.05) is 12.6 Å². The standard InChI is InChI=1S/C10H10F6N2O3/c1-4(2)6(19)17-5(9(11,12)13)7(20)18(3)8(21)10(14,15)16/h5H,1H2,2-3H3,(H,17,19). The van der Waals surface area contributed by atoms with Crippen molar-refractivity contribution < 1.29 is 40.7 Å². The van der Waals surface area contributed by atoms with Gasteiger partial charge < -0.3 is 5.32 Å². The average molecular weight is 320 g/mol. The van der Waals surface area contributed by atoms with E-state index in [4.69, 9.17) is 0 Å². The second-order valence-electron chi connectivity index (χ2n) is 3.93. The highest BCUT2D eigenvalue weighted by Gasteiger charge is 2.51. The van der Waals surface area contributed by atoms with E-state index in [-0.39, 0.29) is 7.05 Å². The summed E-state index contributed by atoms with van der Waals surface area (Å²) < 4.78 is 74.1. The first kappa shape index (κ1) is 18.9. The third-order valence-corrected chi connectivity index (χ3v) is 2.12. The third-order valence-electron chi connectivity index (χ3n) is 2.12. The quantitative estimate of drug-likeness (QED) is 0.627. The molecule has 11 heteroatoms. The minimum atomic E-state index is -5.53. The highest BCUT2D eigenvalue weighted by Crippen LogP contribution is 2.24. The van der Waals surface area contributed by atoms with Crippen molar-refractivity contribution >= 4 is 17.7 Å². The molecule has 0 aliphatic carbocycles. The van der Waals surface area contributed by atoms with Gasteiger partial charge in [0.05, 0.1) is 0 Å². The number of alkyl halides is 6. The van der Waals surface area contributed by atoms with Crippen LogP contribution in [0.5, 0.6) is 0 Å². The van der Waals surface area contributed by atoms with Crippen LogP contribution in [0.15, 0.2) is 12.2 Å². The van der Waals surface area contributed by atoms with Crippen LogP contribution in [0.2, 0.25) is 0 Å². The van der Waals surface area contributed by atoms with Gasteiger partial charge in [-0.25, -0.2) is 0 Å². The molecule has 1 N–H and O–H groups in total. The Bertz CT molecular complexity index is 468. The molecule has 0 aromatic carbocycles. The number of carbonyl (C=O) groups excluding carboxylic acids is 3. The monoisotopic (exact) mass is 320 g/mol. The van der Waals surface area contributed by atoms with Gasteiger partial charge in [0.15, 0.2) is 0 Å². The summed E-state index contributed by atoms with van der Waals surface area (Å²) in [5, 5.41) is 1.17. The van der Waals surface area contributed by atoms with Crippen LogP contribution in [-0.4, -0.2) is 48.1 Å². The summed E-state index contributed by atoms with van der Waals surface area (Å²) in [6, 6.07) is -3.29. The van der Waals surface area contributed by atoms with Crippen LogP contribution in [0.1, 0.15) is 6.92 Å². The number of hydrogen-bond acceptors (Lipinski definition) is 3. The SMILES string of the molecule is C=C(C)C(=O)NC(C(=O)N(C)C(=O)C(F)(F)F)C(F)(F)F. The molecule has 5 nitrogen and oxygen atoms in total. The van der Waals surface area contributed by atoms with Crippen LogP contribution in [0.4, 0.5) is 26.3 Å². The first-order valence-corrected chi connectivity index (χ1v) is 5.11. The van der Waals surface area contributed by atoms with Crippen LogP contribution in [0, 0.1) is 0 Å². The lowest BCUT2D eigenvalue weighted by atomic mass is 10.2. The highest BCUT2D eigenvalue weighted by molar-refractivity contribution is 6.02. The van der Waals surface area contributed by atoms with Crippen molar-refractivity contribution in [3.05, 3.63) is 12.2 Å². The van der Waals surface area contributed by atoms with Crippen molar-refractivity contribution in [2.75, 3.05) is 7.05 Å². The number of hydrogen-bond donors (Lipinski definition) is 1. The first-order chi connectivity index (χ1) is 9.19. The number of nitrogens with zero attached hydrogens (tertiary/aromatic N) is 1. The van der Waals surface area contributed by atoms with E-state index in [9.17, 15) is 40.7 Å². The normalized spacial score (nSPS) is 13.3. The summed E-state index contributed by atoms with van der Waals surface area (Å²) in [5.74, 6) is -6.44. The topological polar surface area (TPSA) is 66.5 Å². The molecule has 0 aromatic rings. The van der Waals surface area contributed by atoms with Crippen molar-refractivity contribution in [1.82, 2.24) is 10.2 Å². The molecule has 0 spiro atoms. The van der Waals surface area contributed by atoms with Gasteiger partial charge in [-0.2, -0.15) is 26.3 Å². The molecule has 0 radical (unpaired) electrons. The van der Waals surface area contributed by atoms with E-state index in [1.54, 1.807) is 0 Å². The van der Waals surface area contributed by atoms with E-state index in [0.717, 1.165) is 6.92 Å². The summed E-state index contributed by atoms with van der Waals surface area (Å²) in [7, 11) is 0.226. The van der Waals surface area contributed by atoms with Crippen molar-refractivity contribution in [1.29, 1.82) is 0 Å². The van der Waals surface area contributed by atoms with Crippen LogP contribution < -0.4 is 5.32 Å². The van der Waals surface area contributed by atoms with Crippen molar-refractivity contribution in [3.8, 4) is 0 Å². The molecule has 0 heterocycles. The molecule has 0 saturated carbocycles. The van der Waals surface area contributed by atoms with Gasteiger partial charge in [0.25, 0.3) is 5.91 Å². The maximum Gasteiger partial charge on any atom is 0.471 e. The van der Waals surface area contributed by atoms with E-state index in [0.29, 0.717) is 0 Å². The van der Waals surface area contributed by atoms with E-state index in [1.165, 1.54) is 5.32 Å². The molecule has 0 bridgehead atoms. The Morgan fingerprint density at radius 1 is 1.10 bits per heavy atom. The number of likely N-dealkylation sites (N-methyl/N-ethyl adjacent to an activating group) is 1. The van der Waals surface area contributed by atoms with Gasteiger partial charge in [-0.3, -0.25) is 19.3 Å². The molecular weight excluding hydrogens is 310 g/mol. The zero-order valence-electron chi connectivity index (χ0n) is 10.7. The Hall–Kier alpha value is -2.07. The smallest absolute Gasteiger partial charge is 0.333 e. The van der Waals surface area contributed by atoms with Gasteiger partial charge in [-0.1, -0.05) is 6.58 Å². The molecule has 120 valence electrons. The van der Waals surface area contributed by atoms with Crippen molar-refractivity contribution in [2.45, 2.75) is 25.3 Å². The maximum absolute atomic E-state index is 12.6. The second kappa shape index (κ2) is 6.14. The van der Waals surface area contributed by atoms with Gasteiger partial charge in [-0.15, -0.1) is 0 Å². The lowest BCUT2D eigenvalue weighted by molar-refractivity contribution is -0.194. The minimum absolute atomic E-state index is 0.226. The molecule has 0 saturated heterocycles. The molecule has 0 fully saturated rings.